The standard InChI is InChI=1S/C16H11ClN4/c1-11-4-2-5-12(8-11)16-15(10-18)19-20-21(16)14-7-3-6-13(17)9-14/h2-9H,1H3. The van der Waals surface area contributed by atoms with Crippen molar-refractivity contribution in [2.45, 2.75) is 6.92 Å². The number of hydrogen-bond acceptors (Lipinski definition) is 3. The molecule has 1 aromatic heterocycles. The maximum atomic E-state index is 9.27. The van der Waals surface area contributed by atoms with Crippen LogP contribution in [0.15, 0.2) is 48.5 Å². The maximum absolute atomic E-state index is 9.27. The van der Waals surface area contributed by atoms with E-state index in [0.717, 1.165) is 16.8 Å². The molecule has 0 saturated heterocycles. The molecule has 4 nitrogen and oxygen atoms in total. The number of rotatable bonds is 2. The number of nitrogens with zero attached hydrogens (tertiary/aromatic N) is 4. The van der Waals surface area contributed by atoms with Crippen molar-refractivity contribution in [3.63, 3.8) is 0 Å². The van der Waals surface area contributed by atoms with Crippen LogP contribution in [0.3, 0.4) is 0 Å². The van der Waals surface area contributed by atoms with E-state index < -0.39 is 0 Å². The molecule has 0 atom stereocenters. The van der Waals surface area contributed by atoms with E-state index in [2.05, 4.69) is 16.4 Å². The normalized spacial score (nSPS) is 10.3. The molecule has 0 N–H and O–H groups in total. The summed E-state index contributed by atoms with van der Waals surface area (Å²) in [6.45, 7) is 2.00. The zero-order valence-corrected chi connectivity index (χ0v) is 12.0. The van der Waals surface area contributed by atoms with E-state index in [1.807, 2.05) is 43.3 Å². The molecule has 102 valence electrons. The third-order valence-electron chi connectivity index (χ3n) is 3.12. The summed E-state index contributed by atoms with van der Waals surface area (Å²) in [7, 11) is 0. The fraction of sp³-hybridized carbons (Fsp3) is 0.0625. The van der Waals surface area contributed by atoms with Crippen LogP contribution < -0.4 is 0 Å². The Balaban J connectivity index is 2.25. The minimum atomic E-state index is 0.292. The summed E-state index contributed by atoms with van der Waals surface area (Å²) in [4.78, 5) is 0. The Kier molecular flexibility index (Phi) is 3.43. The van der Waals surface area contributed by atoms with Crippen LogP contribution in [0.25, 0.3) is 16.9 Å². The van der Waals surface area contributed by atoms with Gasteiger partial charge in [-0.1, -0.05) is 46.6 Å². The predicted octanol–water partition coefficient (Wildman–Crippen LogP) is 3.77. The largest absolute Gasteiger partial charge is 0.211 e. The number of nitriles is 1. The summed E-state index contributed by atoms with van der Waals surface area (Å²) < 4.78 is 1.64. The molecule has 0 radical (unpaired) electrons. The lowest BCUT2D eigenvalue weighted by atomic mass is 10.1. The van der Waals surface area contributed by atoms with E-state index in [0.29, 0.717) is 16.4 Å². The van der Waals surface area contributed by atoms with E-state index in [1.54, 1.807) is 16.8 Å². The molecule has 5 heteroatoms. The monoisotopic (exact) mass is 294 g/mol. The Morgan fingerprint density at radius 1 is 1.14 bits per heavy atom. The maximum Gasteiger partial charge on any atom is 0.191 e. The lowest BCUT2D eigenvalue weighted by Crippen LogP contribution is -1.99. The van der Waals surface area contributed by atoms with E-state index in [1.165, 1.54) is 0 Å². The summed E-state index contributed by atoms with van der Waals surface area (Å²) in [5.74, 6) is 0. The van der Waals surface area contributed by atoms with Crippen molar-refractivity contribution in [2.75, 3.05) is 0 Å². The zero-order chi connectivity index (χ0) is 14.8. The van der Waals surface area contributed by atoms with Crippen LogP contribution in [0.4, 0.5) is 0 Å². The lowest BCUT2D eigenvalue weighted by Gasteiger charge is -2.07. The highest BCUT2D eigenvalue weighted by molar-refractivity contribution is 6.30. The predicted molar refractivity (Wildman–Crippen MR) is 81.3 cm³/mol. The first-order valence-electron chi connectivity index (χ1n) is 6.38. The molecule has 0 unspecified atom stereocenters. The topological polar surface area (TPSA) is 54.5 Å². The average Bonchev–Trinajstić information content (AvgIpc) is 2.91. The molecule has 0 fully saturated rings. The number of aryl methyl sites for hydroxylation is 1. The molecule has 2 aromatic carbocycles. The van der Waals surface area contributed by atoms with Crippen molar-refractivity contribution in [2.24, 2.45) is 0 Å². The molecule has 1 heterocycles. The first-order valence-corrected chi connectivity index (χ1v) is 6.75. The average molecular weight is 295 g/mol. The van der Waals surface area contributed by atoms with E-state index >= 15 is 0 Å². The lowest BCUT2D eigenvalue weighted by molar-refractivity contribution is 0.807. The summed E-state index contributed by atoms with van der Waals surface area (Å²) in [6.07, 6.45) is 0. The summed E-state index contributed by atoms with van der Waals surface area (Å²) in [5.41, 5.74) is 3.74. The fourth-order valence-corrected chi connectivity index (χ4v) is 2.38. The molecule has 0 saturated carbocycles. The Morgan fingerprint density at radius 3 is 2.67 bits per heavy atom. The van der Waals surface area contributed by atoms with Gasteiger partial charge in [-0.25, -0.2) is 4.68 Å². The minimum absolute atomic E-state index is 0.292. The molecular weight excluding hydrogens is 284 g/mol. The third-order valence-corrected chi connectivity index (χ3v) is 3.36. The second-order valence-electron chi connectivity index (χ2n) is 4.66. The Morgan fingerprint density at radius 2 is 1.95 bits per heavy atom. The fourth-order valence-electron chi connectivity index (χ4n) is 2.20. The number of hydrogen-bond donors (Lipinski definition) is 0. The van der Waals surface area contributed by atoms with Crippen LogP contribution in [-0.4, -0.2) is 15.0 Å². The quantitative estimate of drug-likeness (QED) is 0.723. The van der Waals surface area contributed by atoms with Gasteiger partial charge in [-0.2, -0.15) is 5.26 Å². The molecule has 0 spiro atoms. The van der Waals surface area contributed by atoms with Crippen molar-refractivity contribution in [3.8, 4) is 23.0 Å². The Hall–Kier alpha value is -2.64. The van der Waals surface area contributed by atoms with Crippen molar-refractivity contribution < 1.29 is 0 Å². The van der Waals surface area contributed by atoms with Gasteiger partial charge in [0, 0.05) is 10.6 Å². The Bertz CT molecular complexity index is 845. The summed E-state index contributed by atoms with van der Waals surface area (Å²) >= 11 is 6.03. The molecular formula is C16H11ClN4. The van der Waals surface area contributed by atoms with Crippen LogP contribution in [-0.2, 0) is 0 Å². The molecule has 0 amide bonds. The van der Waals surface area contributed by atoms with Gasteiger partial charge in [0.2, 0.25) is 0 Å². The van der Waals surface area contributed by atoms with Gasteiger partial charge in [0.1, 0.15) is 11.8 Å². The first-order chi connectivity index (χ1) is 10.2. The summed E-state index contributed by atoms with van der Waals surface area (Å²) in [6, 6.07) is 17.3. The highest BCUT2D eigenvalue weighted by Crippen LogP contribution is 2.26. The minimum Gasteiger partial charge on any atom is -0.211 e. The van der Waals surface area contributed by atoms with E-state index in [9.17, 15) is 5.26 Å². The van der Waals surface area contributed by atoms with Gasteiger partial charge < -0.3 is 0 Å². The zero-order valence-electron chi connectivity index (χ0n) is 11.3. The SMILES string of the molecule is Cc1cccc(-c2c(C#N)nnn2-c2cccc(Cl)c2)c1. The van der Waals surface area contributed by atoms with E-state index in [-0.39, 0.29) is 0 Å². The van der Waals surface area contributed by atoms with Gasteiger partial charge in [-0.3, -0.25) is 0 Å². The highest BCUT2D eigenvalue weighted by Gasteiger charge is 2.16. The van der Waals surface area contributed by atoms with E-state index in [4.69, 9.17) is 11.6 Å². The molecule has 0 aliphatic rings. The van der Waals surface area contributed by atoms with Crippen LogP contribution in [0.1, 0.15) is 11.3 Å². The second-order valence-corrected chi connectivity index (χ2v) is 5.10. The Labute approximate surface area is 127 Å². The summed E-state index contributed by atoms with van der Waals surface area (Å²) in [5, 5.41) is 17.9. The number of benzene rings is 2. The highest BCUT2D eigenvalue weighted by atomic mass is 35.5. The number of halogens is 1. The first kappa shape index (κ1) is 13.3. The molecule has 0 aliphatic carbocycles. The molecule has 21 heavy (non-hydrogen) atoms. The second kappa shape index (κ2) is 5.39. The van der Waals surface area contributed by atoms with Gasteiger partial charge in [0.15, 0.2) is 5.69 Å². The van der Waals surface area contributed by atoms with Gasteiger partial charge in [0.25, 0.3) is 0 Å². The van der Waals surface area contributed by atoms with Crippen LogP contribution in [0.2, 0.25) is 5.02 Å². The van der Waals surface area contributed by atoms with Crippen LogP contribution >= 0.6 is 11.6 Å². The van der Waals surface area contributed by atoms with Gasteiger partial charge in [-0.05, 0) is 31.2 Å². The van der Waals surface area contributed by atoms with Crippen molar-refractivity contribution in [1.29, 1.82) is 5.26 Å². The smallest absolute Gasteiger partial charge is 0.191 e. The van der Waals surface area contributed by atoms with Crippen LogP contribution in [0, 0.1) is 18.3 Å². The van der Waals surface area contributed by atoms with Crippen molar-refractivity contribution >= 4 is 11.6 Å². The van der Waals surface area contributed by atoms with Crippen molar-refractivity contribution in [3.05, 3.63) is 64.8 Å². The van der Waals surface area contributed by atoms with Gasteiger partial charge in [-0.15, -0.1) is 5.10 Å². The third kappa shape index (κ3) is 2.51. The molecule has 3 rings (SSSR count). The molecule has 3 aromatic rings. The van der Waals surface area contributed by atoms with Gasteiger partial charge in [0.05, 0.1) is 5.69 Å². The molecule has 0 bridgehead atoms. The number of aromatic nitrogens is 3. The van der Waals surface area contributed by atoms with Gasteiger partial charge >= 0.3 is 0 Å². The van der Waals surface area contributed by atoms with Crippen molar-refractivity contribution in [1.82, 2.24) is 15.0 Å². The van der Waals surface area contributed by atoms with Crippen LogP contribution in [0.5, 0.6) is 0 Å². The molecule has 0 aliphatic heterocycles.